The molecule has 0 saturated heterocycles. The summed E-state index contributed by atoms with van der Waals surface area (Å²) in [5.74, 6) is -1.61. The van der Waals surface area contributed by atoms with Gasteiger partial charge in [0, 0.05) is 11.5 Å². The van der Waals surface area contributed by atoms with E-state index in [1.807, 2.05) is 43.3 Å². The van der Waals surface area contributed by atoms with Gasteiger partial charge in [0.15, 0.2) is 0 Å². The first-order valence-corrected chi connectivity index (χ1v) is 11.3. The Labute approximate surface area is 194 Å². The second-order valence-electron chi connectivity index (χ2n) is 9.30. The summed E-state index contributed by atoms with van der Waals surface area (Å²) in [7, 11) is 0. The highest BCUT2D eigenvalue weighted by Crippen LogP contribution is 2.44. The van der Waals surface area contributed by atoms with Gasteiger partial charge in [-0.2, -0.15) is 0 Å². The molecule has 33 heavy (non-hydrogen) atoms. The van der Waals surface area contributed by atoms with Crippen molar-refractivity contribution in [1.82, 2.24) is 10.2 Å². The Kier molecular flexibility index (Phi) is 7.41. The molecular weight excluding hydrogens is 420 g/mol. The number of carboxylic acids is 1. The van der Waals surface area contributed by atoms with E-state index in [2.05, 4.69) is 17.4 Å². The molecule has 2 amide bonds. The third kappa shape index (κ3) is 5.53. The van der Waals surface area contributed by atoms with E-state index in [9.17, 15) is 19.5 Å². The molecule has 2 aromatic carbocycles. The molecule has 1 aliphatic carbocycles. The van der Waals surface area contributed by atoms with Gasteiger partial charge in [-0.1, -0.05) is 61.9 Å². The average molecular weight is 453 g/mol. The van der Waals surface area contributed by atoms with Gasteiger partial charge in [-0.3, -0.25) is 9.59 Å². The van der Waals surface area contributed by atoms with Crippen LogP contribution in [0.5, 0.6) is 0 Å². The fourth-order valence-corrected chi connectivity index (χ4v) is 4.30. The van der Waals surface area contributed by atoms with E-state index in [0.717, 1.165) is 22.3 Å². The van der Waals surface area contributed by atoms with Crippen molar-refractivity contribution >= 4 is 18.0 Å². The Morgan fingerprint density at radius 2 is 1.58 bits per heavy atom. The highest BCUT2D eigenvalue weighted by molar-refractivity contribution is 5.88. The number of benzene rings is 2. The van der Waals surface area contributed by atoms with Crippen LogP contribution in [0.3, 0.4) is 0 Å². The van der Waals surface area contributed by atoms with E-state index in [0.29, 0.717) is 12.8 Å². The topological polar surface area (TPSA) is 95.9 Å². The van der Waals surface area contributed by atoms with Crippen LogP contribution >= 0.6 is 0 Å². The second kappa shape index (κ2) is 10.1. The normalized spacial score (nSPS) is 13.6. The first kappa shape index (κ1) is 24.3. The van der Waals surface area contributed by atoms with Crippen molar-refractivity contribution < 1.29 is 24.2 Å². The van der Waals surface area contributed by atoms with Gasteiger partial charge in [0.1, 0.15) is 19.2 Å². The molecule has 7 heteroatoms. The van der Waals surface area contributed by atoms with Gasteiger partial charge in [0.05, 0.1) is 0 Å². The summed E-state index contributed by atoms with van der Waals surface area (Å²) in [6.45, 7) is 6.91. The number of nitrogens with zero attached hydrogens (tertiary/aromatic N) is 1. The summed E-state index contributed by atoms with van der Waals surface area (Å²) in [5, 5.41) is 11.9. The number of hydrogen-bond acceptors (Lipinski definition) is 4. The van der Waals surface area contributed by atoms with Crippen molar-refractivity contribution in [3.8, 4) is 11.1 Å². The predicted molar refractivity (Wildman–Crippen MR) is 126 cm³/mol. The Hall–Kier alpha value is -3.35. The second-order valence-corrected chi connectivity index (χ2v) is 9.30. The number of rotatable bonds is 8. The first-order valence-electron chi connectivity index (χ1n) is 11.3. The Balaban J connectivity index is 1.71. The van der Waals surface area contributed by atoms with E-state index >= 15 is 0 Å². The van der Waals surface area contributed by atoms with Crippen molar-refractivity contribution in [1.29, 1.82) is 0 Å². The number of carboxylic acid groups (broad SMARTS) is 1. The minimum absolute atomic E-state index is 0.0819. The van der Waals surface area contributed by atoms with Crippen LogP contribution in [0.25, 0.3) is 11.1 Å². The molecule has 2 N–H and O–H groups in total. The highest BCUT2D eigenvalue weighted by atomic mass is 16.5. The molecule has 0 bridgehead atoms. The van der Waals surface area contributed by atoms with E-state index < -0.39 is 36.1 Å². The summed E-state index contributed by atoms with van der Waals surface area (Å²) in [4.78, 5) is 38.4. The molecule has 1 aliphatic rings. The maximum Gasteiger partial charge on any atom is 0.407 e. The quantitative estimate of drug-likeness (QED) is 0.619. The van der Waals surface area contributed by atoms with Gasteiger partial charge in [-0.25, -0.2) is 4.79 Å². The summed E-state index contributed by atoms with van der Waals surface area (Å²) >= 11 is 0. The van der Waals surface area contributed by atoms with Crippen molar-refractivity contribution in [2.45, 2.75) is 58.0 Å². The zero-order chi connectivity index (χ0) is 24.2. The number of carbonyl (C=O) groups excluding carboxylic acids is 2. The molecule has 7 nitrogen and oxygen atoms in total. The van der Waals surface area contributed by atoms with Crippen LogP contribution in [0.1, 0.15) is 57.6 Å². The molecule has 0 aromatic heterocycles. The van der Waals surface area contributed by atoms with Crippen molar-refractivity contribution in [2.75, 3.05) is 13.2 Å². The zero-order valence-corrected chi connectivity index (χ0v) is 19.6. The standard InChI is InChI=1S/C26H32N2O5/c1-5-10-22(24(31)28(15-23(29)30)26(2,3)4)27-25(32)33-16-21-19-13-8-6-11-17(19)18-12-7-9-14-20(18)21/h6-9,11-14,21-22H,5,10,15-16H2,1-4H3,(H,27,32)(H,29,30). The minimum Gasteiger partial charge on any atom is -0.480 e. The number of fused-ring (bicyclic) bond motifs is 3. The molecule has 176 valence electrons. The van der Waals surface area contributed by atoms with E-state index in [1.54, 1.807) is 20.8 Å². The van der Waals surface area contributed by atoms with Gasteiger partial charge in [-0.05, 0) is 49.4 Å². The fourth-order valence-electron chi connectivity index (χ4n) is 4.30. The molecule has 0 fully saturated rings. The Morgan fingerprint density at radius 1 is 1.03 bits per heavy atom. The summed E-state index contributed by atoms with van der Waals surface area (Å²) in [6, 6.07) is 15.3. The minimum atomic E-state index is -1.10. The SMILES string of the molecule is CCCC(NC(=O)OCC1c2ccccc2-c2ccccc21)C(=O)N(CC(=O)O)C(C)(C)C. The van der Waals surface area contributed by atoms with E-state index in [4.69, 9.17) is 4.74 Å². The number of hydrogen-bond donors (Lipinski definition) is 2. The molecule has 0 saturated carbocycles. The lowest BCUT2D eigenvalue weighted by atomic mass is 9.98. The monoisotopic (exact) mass is 452 g/mol. The molecule has 0 radical (unpaired) electrons. The van der Waals surface area contributed by atoms with Crippen molar-refractivity contribution in [3.63, 3.8) is 0 Å². The third-order valence-corrected chi connectivity index (χ3v) is 5.88. The van der Waals surface area contributed by atoms with Crippen molar-refractivity contribution in [2.24, 2.45) is 0 Å². The molecule has 1 atom stereocenters. The Morgan fingerprint density at radius 3 is 2.06 bits per heavy atom. The summed E-state index contributed by atoms with van der Waals surface area (Å²) in [5.41, 5.74) is 3.77. The predicted octanol–water partition coefficient (Wildman–Crippen LogP) is 4.41. The smallest absolute Gasteiger partial charge is 0.407 e. The number of alkyl carbamates (subject to hydrolysis) is 1. The summed E-state index contributed by atoms with van der Waals surface area (Å²) in [6.07, 6.45) is 0.341. The lowest BCUT2D eigenvalue weighted by Crippen LogP contribution is -2.56. The van der Waals surface area contributed by atoms with E-state index in [-0.39, 0.29) is 12.5 Å². The maximum atomic E-state index is 13.1. The van der Waals surface area contributed by atoms with Gasteiger partial charge in [-0.15, -0.1) is 0 Å². The van der Waals surface area contributed by atoms with Crippen LogP contribution < -0.4 is 5.32 Å². The number of nitrogens with one attached hydrogen (secondary N) is 1. The maximum absolute atomic E-state index is 13.1. The number of ether oxygens (including phenoxy) is 1. The molecule has 0 aliphatic heterocycles. The average Bonchev–Trinajstić information content (AvgIpc) is 3.08. The lowest BCUT2D eigenvalue weighted by molar-refractivity contribution is -0.149. The van der Waals surface area contributed by atoms with Gasteiger partial charge in [0.2, 0.25) is 5.91 Å². The molecule has 3 rings (SSSR count). The lowest BCUT2D eigenvalue weighted by Gasteiger charge is -2.37. The molecule has 0 spiro atoms. The number of carbonyl (C=O) groups is 3. The fraction of sp³-hybridized carbons (Fsp3) is 0.423. The molecule has 1 unspecified atom stereocenters. The van der Waals surface area contributed by atoms with Crippen LogP contribution in [0, 0.1) is 0 Å². The number of aliphatic carboxylic acids is 1. The molecule has 2 aromatic rings. The third-order valence-electron chi connectivity index (χ3n) is 5.88. The van der Waals surface area contributed by atoms with Crippen LogP contribution in [-0.2, 0) is 14.3 Å². The number of amides is 2. The van der Waals surface area contributed by atoms with E-state index in [1.165, 1.54) is 4.90 Å². The first-order chi connectivity index (χ1) is 15.6. The molecule has 0 heterocycles. The van der Waals surface area contributed by atoms with Gasteiger partial charge < -0.3 is 20.1 Å². The highest BCUT2D eigenvalue weighted by Gasteiger charge is 2.34. The van der Waals surface area contributed by atoms with Crippen LogP contribution in [0.2, 0.25) is 0 Å². The van der Waals surface area contributed by atoms with Gasteiger partial charge in [0.25, 0.3) is 0 Å². The zero-order valence-electron chi connectivity index (χ0n) is 19.6. The van der Waals surface area contributed by atoms with Gasteiger partial charge >= 0.3 is 12.1 Å². The summed E-state index contributed by atoms with van der Waals surface area (Å²) < 4.78 is 5.58. The van der Waals surface area contributed by atoms with Crippen LogP contribution in [-0.4, -0.2) is 52.7 Å². The molecular formula is C26H32N2O5. The Bertz CT molecular complexity index is 982. The largest absolute Gasteiger partial charge is 0.480 e. The van der Waals surface area contributed by atoms with Crippen molar-refractivity contribution in [3.05, 3.63) is 59.7 Å². The van der Waals surface area contributed by atoms with Crippen LogP contribution in [0.4, 0.5) is 4.79 Å². The van der Waals surface area contributed by atoms with Crippen LogP contribution in [0.15, 0.2) is 48.5 Å².